The van der Waals surface area contributed by atoms with Crippen LogP contribution in [0.2, 0.25) is 0 Å². The van der Waals surface area contributed by atoms with Gasteiger partial charge < -0.3 is 4.74 Å². The molecule has 0 aliphatic carbocycles. The van der Waals surface area contributed by atoms with Crippen LogP contribution in [0.3, 0.4) is 0 Å². The van der Waals surface area contributed by atoms with E-state index < -0.39 is 11.4 Å². The fraction of sp³-hybridized carbons (Fsp3) is 0.250. The fourth-order valence-electron chi connectivity index (χ4n) is 3.60. The zero-order valence-corrected chi connectivity index (χ0v) is 16.3. The van der Waals surface area contributed by atoms with Crippen LogP contribution in [0.5, 0.6) is 0 Å². The van der Waals surface area contributed by atoms with Crippen molar-refractivity contribution in [2.45, 2.75) is 25.7 Å². The number of aryl methyl sites for hydroxylation is 1. The molecule has 29 heavy (non-hydrogen) atoms. The van der Waals surface area contributed by atoms with Gasteiger partial charge in [-0.1, -0.05) is 54.6 Å². The lowest BCUT2D eigenvalue weighted by atomic mass is 9.74. The van der Waals surface area contributed by atoms with E-state index in [0.29, 0.717) is 12.1 Å². The second-order valence-electron chi connectivity index (χ2n) is 6.97. The van der Waals surface area contributed by atoms with Gasteiger partial charge in [0.2, 0.25) is 0 Å². The molecule has 3 aromatic rings. The molecule has 0 amide bonds. The Balaban J connectivity index is 1.97. The van der Waals surface area contributed by atoms with Crippen LogP contribution in [0, 0.1) is 16.7 Å². The van der Waals surface area contributed by atoms with Crippen LogP contribution in [0.25, 0.3) is 10.8 Å². The van der Waals surface area contributed by atoms with Gasteiger partial charge in [-0.15, -0.1) is 0 Å². The lowest BCUT2D eigenvalue weighted by Gasteiger charge is -2.27. The zero-order chi connectivity index (χ0) is 20.7. The molecule has 0 saturated carbocycles. The maximum absolute atomic E-state index is 13.3. The van der Waals surface area contributed by atoms with E-state index >= 15 is 0 Å². The van der Waals surface area contributed by atoms with Crippen molar-refractivity contribution in [2.75, 3.05) is 7.11 Å². The number of esters is 1. The highest BCUT2D eigenvalue weighted by atomic mass is 16.5. The predicted octanol–water partition coefficient (Wildman–Crippen LogP) is 4.05. The van der Waals surface area contributed by atoms with Gasteiger partial charge in [0, 0.05) is 30.1 Å². The number of Topliss-reactive ketones (excluding diaryl/α,β-unsaturated/α-hetero) is 1. The van der Waals surface area contributed by atoms with Crippen LogP contribution >= 0.6 is 0 Å². The molecule has 5 nitrogen and oxygen atoms in total. The Bertz CT molecular complexity index is 1050. The van der Waals surface area contributed by atoms with Crippen molar-refractivity contribution < 1.29 is 14.3 Å². The number of fused-ring (bicyclic) bond motifs is 1. The number of ketones is 1. The van der Waals surface area contributed by atoms with Crippen molar-refractivity contribution in [1.82, 2.24) is 4.98 Å². The number of hydrogen-bond acceptors (Lipinski definition) is 5. The number of nitrogens with zero attached hydrogens (tertiary/aromatic N) is 2. The number of methoxy groups -OCH3 is 1. The number of rotatable bonds is 8. The number of ether oxygens (including phenoxy) is 1. The lowest BCUT2D eigenvalue weighted by Crippen LogP contribution is -2.42. The number of nitriles is 1. The van der Waals surface area contributed by atoms with Gasteiger partial charge >= 0.3 is 5.97 Å². The van der Waals surface area contributed by atoms with Gasteiger partial charge in [0.25, 0.3) is 0 Å². The Labute approximate surface area is 170 Å². The first-order chi connectivity index (χ1) is 14.1. The van der Waals surface area contributed by atoms with E-state index in [0.717, 1.165) is 16.3 Å². The lowest BCUT2D eigenvalue weighted by molar-refractivity contribution is -0.158. The molecule has 0 aliphatic heterocycles. The molecule has 146 valence electrons. The second kappa shape index (κ2) is 9.11. The zero-order valence-electron chi connectivity index (χ0n) is 16.3. The number of hydrogen-bond donors (Lipinski definition) is 0. The third kappa shape index (κ3) is 4.33. The maximum Gasteiger partial charge on any atom is 0.320 e. The van der Waals surface area contributed by atoms with Crippen molar-refractivity contribution in [2.24, 2.45) is 5.41 Å². The minimum Gasteiger partial charge on any atom is -0.468 e. The third-order valence-electron chi connectivity index (χ3n) is 5.20. The predicted molar refractivity (Wildman–Crippen MR) is 110 cm³/mol. The Morgan fingerprint density at radius 3 is 2.52 bits per heavy atom. The molecule has 1 atom stereocenters. The summed E-state index contributed by atoms with van der Waals surface area (Å²) in [5.74, 6) is -0.990. The van der Waals surface area contributed by atoms with Crippen molar-refractivity contribution in [1.29, 1.82) is 5.26 Å². The largest absolute Gasteiger partial charge is 0.468 e. The molecule has 1 heterocycles. The average Bonchev–Trinajstić information content (AvgIpc) is 2.77. The van der Waals surface area contributed by atoms with E-state index in [1.807, 2.05) is 66.7 Å². The fourth-order valence-corrected chi connectivity index (χ4v) is 3.60. The van der Waals surface area contributed by atoms with Crippen molar-refractivity contribution in [3.63, 3.8) is 0 Å². The van der Waals surface area contributed by atoms with E-state index in [1.54, 1.807) is 6.20 Å². The molecular formula is C24H22N2O3. The quantitative estimate of drug-likeness (QED) is 0.431. The molecule has 0 aliphatic rings. The summed E-state index contributed by atoms with van der Waals surface area (Å²) in [7, 11) is 1.25. The third-order valence-corrected chi connectivity index (χ3v) is 5.20. The first-order valence-electron chi connectivity index (χ1n) is 9.46. The number of pyridine rings is 1. The molecule has 0 N–H and O–H groups in total. The van der Waals surface area contributed by atoms with Crippen LogP contribution in [-0.2, 0) is 27.2 Å². The minimum absolute atomic E-state index is 0.0300. The molecule has 5 heteroatoms. The number of aromatic nitrogens is 1. The summed E-state index contributed by atoms with van der Waals surface area (Å²) in [5, 5.41) is 11.3. The summed E-state index contributed by atoms with van der Waals surface area (Å²) in [6.45, 7) is 0. The van der Waals surface area contributed by atoms with Crippen LogP contribution in [0.1, 0.15) is 24.1 Å². The van der Waals surface area contributed by atoms with Crippen LogP contribution in [0.15, 0.2) is 66.9 Å². The summed E-state index contributed by atoms with van der Waals surface area (Å²) < 4.78 is 4.99. The minimum atomic E-state index is -1.57. The Hall–Kier alpha value is -3.52. The highest BCUT2D eigenvalue weighted by Crippen LogP contribution is 2.33. The maximum atomic E-state index is 13.3. The normalized spacial score (nSPS) is 12.7. The van der Waals surface area contributed by atoms with Crippen molar-refractivity contribution in [3.8, 4) is 6.07 Å². The molecule has 0 spiro atoms. The molecule has 1 aromatic heterocycles. The van der Waals surface area contributed by atoms with Gasteiger partial charge in [0.15, 0.2) is 5.78 Å². The summed E-state index contributed by atoms with van der Waals surface area (Å²) in [6.07, 6.45) is 2.07. The first kappa shape index (κ1) is 20.2. The highest BCUT2D eigenvalue weighted by molar-refractivity contribution is 6.04. The van der Waals surface area contributed by atoms with E-state index in [-0.39, 0.29) is 25.0 Å². The van der Waals surface area contributed by atoms with E-state index in [4.69, 9.17) is 4.74 Å². The number of carbonyl (C=O) groups excluding carboxylic acids is 2. The van der Waals surface area contributed by atoms with Crippen LogP contribution < -0.4 is 0 Å². The highest BCUT2D eigenvalue weighted by Gasteiger charge is 2.47. The summed E-state index contributed by atoms with van der Waals surface area (Å²) >= 11 is 0. The number of carbonyl (C=O) groups is 2. The van der Waals surface area contributed by atoms with Gasteiger partial charge in [-0.2, -0.15) is 5.26 Å². The van der Waals surface area contributed by atoms with Gasteiger partial charge in [-0.3, -0.25) is 14.6 Å². The Morgan fingerprint density at radius 1 is 1.07 bits per heavy atom. The molecule has 1 unspecified atom stereocenters. The van der Waals surface area contributed by atoms with Crippen molar-refractivity contribution >= 4 is 22.5 Å². The molecule has 3 rings (SSSR count). The molecule has 0 radical (unpaired) electrons. The number of benzene rings is 2. The standard InChI is InChI=1S/C24H22N2O3/c1-29-23(28)24(14-15-25,22(27)12-11-18-7-3-2-4-8-18)17-21-20-10-6-5-9-19(20)13-16-26-21/h2-10,13,16H,11-12,14,17H2,1H3. The summed E-state index contributed by atoms with van der Waals surface area (Å²) in [6, 6.07) is 21.1. The molecule has 0 saturated heterocycles. The van der Waals surface area contributed by atoms with Gasteiger partial charge in [-0.25, -0.2) is 0 Å². The second-order valence-corrected chi connectivity index (χ2v) is 6.97. The monoisotopic (exact) mass is 386 g/mol. The van der Waals surface area contributed by atoms with Crippen molar-refractivity contribution in [3.05, 3.63) is 78.1 Å². The van der Waals surface area contributed by atoms with Crippen LogP contribution in [0.4, 0.5) is 0 Å². The van der Waals surface area contributed by atoms with Gasteiger partial charge in [0.05, 0.1) is 19.6 Å². The van der Waals surface area contributed by atoms with Crippen LogP contribution in [-0.4, -0.2) is 23.8 Å². The molecular weight excluding hydrogens is 364 g/mol. The van der Waals surface area contributed by atoms with Gasteiger partial charge in [-0.05, 0) is 23.4 Å². The Morgan fingerprint density at radius 2 is 1.79 bits per heavy atom. The van der Waals surface area contributed by atoms with E-state index in [9.17, 15) is 14.9 Å². The smallest absolute Gasteiger partial charge is 0.320 e. The van der Waals surface area contributed by atoms with E-state index in [2.05, 4.69) is 4.98 Å². The van der Waals surface area contributed by atoms with E-state index in [1.165, 1.54) is 7.11 Å². The molecule has 0 fully saturated rings. The first-order valence-corrected chi connectivity index (χ1v) is 9.46. The summed E-state index contributed by atoms with van der Waals surface area (Å²) in [5.41, 5.74) is 0.0340. The van der Waals surface area contributed by atoms with Gasteiger partial charge in [0.1, 0.15) is 5.41 Å². The topological polar surface area (TPSA) is 80.1 Å². The molecule has 0 bridgehead atoms. The summed E-state index contributed by atoms with van der Waals surface area (Å²) in [4.78, 5) is 30.5. The SMILES string of the molecule is COC(=O)C(CC#N)(Cc1nccc2ccccc12)C(=O)CCc1ccccc1. The molecule has 2 aromatic carbocycles. The Kier molecular flexibility index (Phi) is 6.36. The average molecular weight is 386 g/mol.